The summed E-state index contributed by atoms with van der Waals surface area (Å²) in [5.41, 5.74) is 1.99. The maximum atomic E-state index is 12.1. The average Bonchev–Trinajstić information content (AvgIpc) is 2.60. The van der Waals surface area contributed by atoms with E-state index in [9.17, 15) is 18.0 Å². The number of carbonyl (C=O) groups is 2. The molecule has 2 rings (SSSR count). The Morgan fingerprint density at radius 3 is 2.07 bits per heavy atom. The highest BCUT2D eigenvalue weighted by atomic mass is 32.2. The van der Waals surface area contributed by atoms with Crippen LogP contribution in [0.15, 0.2) is 48.8 Å². The van der Waals surface area contributed by atoms with Crippen LogP contribution in [0.1, 0.15) is 18.9 Å². The molecule has 1 aromatic carbocycles. The lowest BCUT2D eigenvalue weighted by Gasteiger charge is -2.19. The van der Waals surface area contributed by atoms with E-state index in [-0.39, 0.29) is 31.3 Å². The Bertz CT molecular complexity index is 883. The molecule has 1 heterocycles. The highest BCUT2D eigenvalue weighted by molar-refractivity contribution is 7.88. The molecule has 1 aromatic heterocycles. The Morgan fingerprint density at radius 1 is 1.00 bits per heavy atom. The summed E-state index contributed by atoms with van der Waals surface area (Å²) in [6.45, 7) is 1.66. The van der Waals surface area contributed by atoms with E-state index in [2.05, 4.69) is 15.6 Å². The van der Waals surface area contributed by atoms with Gasteiger partial charge >= 0.3 is 0 Å². The van der Waals surface area contributed by atoms with Gasteiger partial charge in [-0.2, -0.15) is 4.31 Å². The zero-order valence-corrected chi connectivity index (χ0v) is 16.0. The molecule has 8 nitrogen and oxygen atoms in total. The lowest BCUT2D eigenvalue weighted by atomic mass is 10.2. The van der Waals surface area contributed by atoms with Gasteiger partial charge in [0.05, 0.1) is 6.26 Å². The molecule has 0 aliphatic carbocycles. The number of sulfonamides is 1. The lowest BCUT2D eigenvalue weighted by Crippen LogP contribution is -2.32. The summed E-state index contributed by atoms with van der Waals surface area (Å²) in [6.07, 6.45) is 4.32. The fourth-order valence-corrected chi connectivity index (χ4v) is 3.15. The molecule has 0 aliphatic heterocycles. The van der Waals surface area contributed by atoms with Gasteiger partial charge in [0.2, 0.25) is 21.8 Å². The third-order valence-corrected chi connectivity index (χ3v) is 4.90. The first-order valence-corrected chi connectivity index (χ1v) is 10.1. The first kappa shape index (κ1) is 20.5. The molecule has 2 N–H and O–H groups in total. The Morgan fingerprint density at radius 2 is 1.56 bits per heavy atom. The van der Waals surface area contributed by atoms with Crippen LogP contribution in [0, 0.1) is 0 Å². The fourth-order valence-electron chi connectivity index (χ4n) is 2.34. The number of aromatic nitrogens is 1. The molecule has 2 amide bonds. The van der Waals surface area contributed by atoms with Crippen molar-refractivity contribution < 1.29 is 18.0 Å². The number of benzene rings is 1. The lowest BCUT2D eigenvalue weighted by molar-refractivity contribution is -0.116. The smallest absolute Gasteiger partial charge is 0.225 e. The molecule has 0 spiro atoms. The largest absolute Gasteiger partial charge is 0.326 e. The van der Waals surface area contributed by atoms with Crippen molar-refractivity contribution in [2.45, 2.75) is 19.9 Å². The number of rotatable bonds is 8. The van der Waals surface area contributed by atoms with Crippen LogP contribution in [0.3, 0.4) is 0 Å². The summed E-state index contributed by atoms with van der Waals surface area (Å²) < 4.78 is 25.2. The monoisotopic (exact) mass is 390 g/mol. The number of nitrogens with one attached hydrogen (secondary N) is 2. The Hall–Kier alpha value is -2.78. The van der Waals surface area contributed by atoms with E-state index in [4.69, 9.17) is 0 Å². The number of hydrogen-bond acceptors (Lipinski definition) is 5. The second kappa shape index (κ2) is 9.24. The second-order valence-corrected chi connectivity index (χ2v) is 7.99. The van der Waals surface area contributed by atoms with Crippen LogP contribution in [-0.2, 0) is 26.2 Å². The Labute approximate surface area is 158 Å². The van der Waals surface area contributed by atoms with Crippen molar-refractivity contribution in [3.63, 3.8) is 0 Å². The predicted octanol–water partition coefficient (Wildman–Crippen LogP) is 1.83. The maximum Gasteiger partial charge on any atom is 0.225 e. The van der Waals surface area contributed by atoms with E-state index in [1.807, 2.05) is 0 Å². The highest BCUT2D eigenvalue weighted by Crippen LogP contribution is 2.14. The van der Waals surface area contributed by atoms with Gasteiger partial charge < -0.3 is 10.6 Å². The number of anilines is 2. The topological polar surface area (TPSA) is 108 Å². The SMILES string of the molecule is CC(=O)Nc1ccc(NC(=O)CCN(Cc2ccncc2)S(C)(=O)=O)cc1. The molecule has 144 valence electrons. The van der Waals surface area contributed by atoms with Gasteiger partial charge in [0, 0.05) is 50.2 Å². The second-order valence-electron chi connectivity index (χ2n) is 6.01. The zero-order valence-electron chi connectivity index (χ0n) is 15.2. The van der Waals surface area contributed by atoms with Crippen LogP contribution in [0.4, 0.5) is 11.4 Å². The number of carbonyl (C=O) groups excluding carboxylic acids is 2. The van der Waals surface area contributed by atoms with E-state index >= 15 is 0 Å². The van der Waals surface area contributed by atoms with Gasteiger partial charge in [0.25, 0.3) is 0 Å². The summed E-state index contributed by atoms with van der Waals surface area (Å²) >= 11 is 0. The van der Waals surface area contributed by atoms with Gasteiger partial charge in [-0.15, -0.1) is 0 Å². The molecule has 0 aliphatic rings. The Kier molecular flexibility index (Phi) is 7.03. The minimum Gasteiger partial charge on any atom is -0.326 e. The standard InChI is InChI=1S/C18H22N4O4S/c1-14(23)20-16-3-5-17(6-4-16)21-18(24)9-12-22(27(2,25)26)13-15-7-10-19-11-8-15/h3-8,10-11H,9,12-13H2,1-2H3,(H,20,23)(H,21,24). The molecule has 0 bridgehead atoms. The molecule has 0 atom stereocenters. The highest BCUT2D eigenvalue weighted by Gasteiger charge is 2.18. The van der Waals surface area contributed by atoms with Gasteiger partial charge in [-0.25, -0.2) is 8.42 Å². The van der Waals surface area contributed by atoms with Gasteiger partial charge in [0.15, 0.2) is 0 Å². The van der Waals surface area contributed by atoms with Crippen LogP contribution in [-0.4, -0.2) is 42.3 Å². The number of nitrogens with zero attached hydrogens (tertiary/aromatic N) is 2. The number of amides is 2. The molecular formula is C18H22N4O4S. The fraction of sp³-hybridized carbons (Fsp3) is 0.278. The first-order valence-electron chi connectivity index (χ1n) is 8.25. The van der Waals surface area contributed by atoms with Crippen molar-refractivity contribution >= 4 is 33.2 Å². The molecule has 0 radical (unpaired) electrons. The third kappa shape index (κ3) is 7.16. The quantitative estimate of drug-likeness (QED) is 0.715. The first-order chi connectivity index (χ1) is 12.7. The molecule has 27 heavy (non-hydrogen) atoms. The zero-order chi connectivity index (χ0) is 19.9. The summed E-state index contributed by atoms with van der Waals surface area (Å²) in [5, 5.41) is 5.35. The van der Waals surface area contributed by atoms with Gasteiger partial charge in [-0.3, -0.25) is 14.6 Å². The molecule has 0 fully saturated rings. The molecule has 0 saturated heterocycles. The van der Waals surface area contributed by atoms with Crippen LogP contribution in [0.5, 0.6) is 0 Å². The molecule has 0 saturated carbocycles. The average molecular weight is 390 g/mol. The predicted molar refractivity (Wildman–Crippen MR) is 103 cm³/mol. The molecular weight excluding hydrogens is 368 g/mol. The van der Waals surface area contributed by atoms with Crippen molar-refractivity contribution in [1.82, 2.24) is 9.29 Å². The molecule has 2 aromatic rings. The van der Waals surface area contributed by atoms with Gasteiger partial charge in [-0.05, 0) is 42.0 Å². The Balaban J connectivity index is 1.92. The number of hydrogen-bond donors (Lipinski definition) is 2. The van der Waals surface area contributed by atoms with Crippen LogP contribution < -0.4 is 10.6 Å². The van der Waals surface area contributed by atoms with Crippen LogP contribution >= 0.6 is 0 Å². The summed E-state index contributed by atoms with van der Waals surface area (Å²) in [4.78, 5) is 27.0. The normalized spacial score (nSPS) is 11.2. The summed E-state index contributed by atoms with van der Waals surface area (Å²) in [5.74, 6) is -0.479. The third-order valence-electron chi connectivity index (χ3n) is 3.65. The van der Waals surface area contributed by atoms with E-state index in [1.54, 1.807) is 48.8 Å². The molecule has 0 unspecified atom stereocenters. The van der Waals surface area contributed by atoms with Crippen molar-refractivity contribution in [2.75, 3.05) is 23.4 Å². The van der Waals surface area contributed by atoms with Crippen molar-refractivity contribution in [1.29, 1.82) is 0 Å². The minimum absolute atomic E-state index is 0.0194. The van der Waals surface area contributed by atoms with Gasteiger partial charge in [-0.1, -0.05) is 0 Å². The molecule has 9 heteroatoms. The van der Waals surface area contributed by atoms with E-state index in [0.29, 0.717) is 11.4 Å². The van der Waals surface area contributed by atoms with Crippen molar-refractivity contribution in [2.24, 2.45) is 0 Å². The van der Waals surface area contributed by atoms with E-state index < -0.39 is 10.0 Å². The maximum absolute atomic E-state index is 12.1. The van der Waals surface area contributed by atoms with Crippen LogP contribution in [0.2, 0.25) is 0 Å². The minimum atomic E-state index is -3.46. The van der Waals surface area contributed by atoms with Gasteiger partial charge in [0.1, 0.15) is 0 Å². The summed E-state index contributed by atoms with van der Waals surface area (Å²) in [6, 6.07) is 10.1. The van der Waals surface area contributed by atoms with Crippen LogP contribution in [0.25, 0.3) is 0 Å². The van der Waals surface area contributed by atoms with Crippen molar-refractivity contribution in [3.8, 4) is 0 Å². The number of pyridine rings is 1. The van der Waals surface area contributed by atoms with E-state index in [1.165, 1.54) is 11.2 Å². The van der Waals surface area contributed by atoms with E-state index in [0.717, 1.165) is 11.8 Å². The summed E-state index contributed by atoms with van der Waals surface area (Å²) in [7, 11) is -3.46. The van der Waals surface area contributed by atoms with Crippen molar-refractivity contribution in [3.05, 3.63) is 54.4 Å².